The molecule has 3 aromatic rings. The zero-order valence-electron chi connectivity index (χ0n) is 18.1. The first-order valence-electron chi connectivity index (χ1n) is 10.7. The number of carbonyl (C=O) groups is 2. The summed E-state index contributed by atoms with van der Waals surface area (Å²) in [6, 6.07) is 14.4. The molecule has 0 bridgehead atoms. The number of rotatable bonds is 6. The Balaban J connectivity index is 1.34. The van der Waals surface area contributed by atoms with E-state index >= 15 is 0 Å². The van der Waals surface area contributed by atoms with Crippen LogP contribution in [-0.4, -0.2) is 44.9 Å². The Morgan fingerprint density at radius 1 is 1.18 bits per heavy atom. The number of aromatic carboxylic acids is 1. The molecule has 0 aliphatic carbocycles. The molecule has 172 valence electrons. The molecular formula is C25H21FN4O4. The summed E-state index contributed by atoms with van der Waals surface area (Å²) in [5.41, 5.74) is 1.68. The lowest BCUT2D eigenvalue weighted by Crippen LogP contribution is -2.38. The molecule has 0 unspecified atom stereocenters. The third kappa shape index (κ3) is 5.18. The van der Waals surface area contributed by atoms with Gasteiger partial charge in [-0.1, -0.05) is 12.1 Å². The molecule has 1 saturated heterocycles. The Hall–Kier alpha value is -4.32. The van der Waals surface area contributed by atoms with Gasteiger partial charge in [-0.2, -0.15) is 5.26 Å². The van der Waals surface area contributed by atoms with Crippen molar-refractivity contribution in [2.75, 3.05) is 13.1 Å². The summed E-state index contributed by atoms with van der Waals surface area (Å²) in [5.74, 6) is -1.30. The van der Waals surface area contributed by atoms with E-state index in [4.69, 9.17) is 15.1 Å². The van der Waals surface area contributed by atoms with Gasteiger partial charge >= 0.3 is 5.97 Å². The molecule has 34 heavy (non-hydrogen) atoms. The number of hydrogen-bond acceptors (Lipinski definition) is 6. The quantitative estimate of drug-likeness (QED) is 0.595. The number of halogens is 1. The fraction of sp³-hybridized carbons (Fsp3) is 0.240. The summed E-state index contributed by atoms with van der Waals surface area (Å²) in [7, 11) is 0. The van der Waals surface area contributed by atoms with Crippen molar-refractivity contribution in [3.05, 3.63) is 88.6 Å². The maximum absolute atomic E-state index is 14.1. The van der Waals surface area contributed by atoms with E-state index < -0.39 is 11.8 Å². The van der Waals surface area contributed by atoms with Crippen LogP contribution in [0.5, 0.6) is 5.88 Å². The molecule has 3 heterocycles. The van der Waals surface area contributed by atoms with Crippen LogP contribution in [0.25, 0.3) is 0 Å². The normalized spacial score (nSPS) is 13.8. The number of nitrogens with zero attached hydrogens (tertiary/aromatic N) is 4. The molecular weight excluding hydrogens is 439 g/mol. The van der Waals surface area contributed by atoms with E-state index in [0.717, 1.165) is 5.69 Å². The lowest BCUT2D eigenvalue weighted by molar-refractivity contribution is 0.0682. The largest absolute Gasteiger partial charge is 0.477 e. The van der Waals surface area contributed by atoms with Crippen molar-refractivity contribution < 1.29 is 23.8 Å². The highest BCUT2D eigenvalue weighted by atomic mass is 19.1. The molecule has 1 aromatic carbocycles. The van der Waals surface area contributed by atoms with Crippen LogP contribution in [0.4, 0.5) is 4.39 Å². The highest BCUT2D eigenvalue weighted by Crippen LogP contribution is 2.28. The van der Waals surface area contributed by atoms with E-state index in [2.05, 4.69) is 9.97 Å². The number of nitriles is 1. The summed E-state index contributed by atoms with van der Waals surface area (Å²) in [5, 5.41) is 17.8. The molecule has 0 spiro atoms. The number of piperidine rings is 1. The van der Waals surface area contributed by atoms with Gasteiger partial charge in [0.15, 0.2) is 0 Å². The zero-order valence-corrected chi connectivity index (χ0v) is 18.1. The van der Waals surface area contributed by atoms with Crippen molar-refractivity contribution in [3.8, 4) is 11.9 Å². The minimum atomic E-state index is -1.14. The van der Waals surface area contributed by atoms with Gasteiger partial charge in [-0.25, -0.2) is 19.2 Å². The van der Waals surface area contributed by atoms with Gasteiger partial charge in [-0.3, -0.25) is 4.79 Å². The molecule has 0 saturated carbocycles. The Labute approximate surface area is 195 Å². The number of carboxylic acid groups (broad SMARTS) is 1. The van der Waals surface area contributed by atoms with Gasteiger partial charge in [0.25, 0.3) is 5.91 Å². The molecule has 1 amide bonds. The summed E-state index contributed by atoms with van der Waals surface area (Å²) >= 11 is 0. The number of pyridine rings is 2. The summed E-state index contributed by atoms with van der Waals surface area (Å²) in [6.45, 7) is 1.07. The third-order valence-electron chi connectivity index (χ3n) is 5.73. The first-order valence-corrected chi connectivity index (χ1v) is 10.7. The molecule has 8 nitrogen and oxygen atoms in total. The fourth-order valence-corrected chi connectivity index (χ4v) is 3.83. The standard InChI is InChI=1S/C25H21FN4O4/c26-20-12-16(13-27)4-5-19(20)15-34-23-3-1-2-21(29-23)17-8-10-30(11-9-17)24(31)18-6-7-22(25(32)33)28-14-18/h1-7,12,14,17H,8-11,15H2,(H,32,33). The number of carbonyl (C=O) groups excluding carboxylic acids is 1. The second-order valence-electron chi connectivity index (χ2n) is 7.91. The highest BCUT2D eigenvalue weighted by molar-refractivity contribution is 5.95. The number of hydrogen-bond donors (Lipinski definition) is 1. The van der Waals surface area contributed by atoms with Gasteiger partial charge in [0.1, 0.15) is 18.1 Å². The van der Waals surface area contributed by atoms with Gasteiger partial charge in [0, 0.05) is 42.5 Å². The second kappa shape index (κ2) is 10.1. The summed E-state index contributed by atoms with van der Waals surface area (Å²) < 4.78 is 19.8. The van der Waals surface area contributed by atoms with Gasteiger partial charge in [0.05, 0.1) is 17.2 Å². The van der Waals surface area contributed by atoms with Crippen molar-refractivity contribution in [1.82, 2.24) is 14.9 Å². The number of benzene rings is 1. The molecule has 1 aliphatic heterocycles. The van der Waals surface area contributed by atoms with Crippen LogP contribution in [-0.2, 0) is 6.61 Å². The van der Waals surface area contributed by atoms with E-state index in [1.54, 1.807) is 11.0 Å². The monoisotopic (exact) mass is 460 g/mol. The van der Waals surface area contributed by atoms with Crippen molar-refractivity contribution in [2.45, 2.75) is 25.4 Å². The highest BCUT2D eigenvalue weighted by Gasteiger charge is 2.26. The molecule has 0 atom stereocenters. The lowest BCUT2D eigenvalue weighted by atomic mass is 9.92. The molecule has 1 N–H and O–H groups in total. The molecule has 1 aliphatic rings. The lowest BCUT2D eigenvalue weighted by Gasteiger charge is -2.31. The van der Waals surface area contributed by atoms with Crippen LogP contribution in [0.3, 0.4) is 0 Å². The number of carboxylic acids is 1. The smallest absolute Gasteiger partial charge is 0.354 e. The van der Waals surface area contributed by atoms with Crippen LogP contribution in [0, 0.1) is 17.1 Å². The van der Waals surface area contributed by atoms with Crippen molar-refractivity contribution in [2.24, 2.45) is 0 Å². The van der Waals surface area contributed by atoms with Crippen molar-refractivity contribution >= 4 is 11.9 Å². The number of likely N-dealkylation sites (tertiary alicyclic amines) is 1. The summed E-state index contributed by atoms with van der Waals surface area (Å²) in [6.07, 6.45) is 2.72. The van der Waals surface area contributed by atoms with Gasteiger partial charge in [-0.05, 0) is 43.2 Å². The molecule has 1 fully saturated rings. The van der Waals surface area contributed by atoms with E-state index in [-0.39, 0.29) is 29.7 Å². The number of ether oxygens (including phenoxy) is 1. The third-order valence-corrected chi connectivity index (χ3v) is 5.73. The predicted octanol–water partition coefficient (Wildman–Crippen LogP) is 3.78. The van der Waals surface area contributed by atoms with Crippen molar-refractivity contribution in [1.29, 1.82) is 5.26 Å². The minimum Gasteiger partial charge on any atom is -0.477 e. The van der Waals surface area contributed by atoms with E-state index in [9.17, 15) is 14.0 Å². The minimum absolute atomic E-state index is 0.00432. The average Bonchev–Trinajstić information content (AvgIpc) is 2.88. The van der Waals surface area contributed by atoms with Crippen molar-refractivity contribution in [3.63, 3.8) is 0 Å². The van der Waals surface area contributed by atoms with E-state index in [0.29, 0.717) is 42.9 Å². The second-order valence-corrected chi connectivity index (χ2v) is 7.91. The molecule has 0 radical (unpaired) electrons. The number of amides is 1. The first-order chi connectivity index (χ1) is 16.4. The van der Waals surface area contributed by atoms with Crippen LogP contribution >= 0.6 is 0 Å². The Morgan fingerprint density at radius 2 is 1.97 bits per heavy atom. The predicted molar refractivity (Wildman–Crippen MR) is 119 cm³/mol. The maximum atomic E-state index is 14.1. The first kappa shape index (κ1) is 22.9. The number of aromatic nitrogens is 2. The van der Waals surface area contributed by atoms with Crippen LogP contribution in [0.1, 0.15) is 56.4 Å². The van der Waals surface area contributed by atoms with Crippen LogP contribution in [0.15, 0.2) is 54.7 Å². The molecule has 9 heteroatoms. The molecule has 4 rings (SSSR count). The molecule has 2 aromatic heterocycles. The van der Waals surface area contributed by atoms with Gasteiger partial charge in [-0.15, -0.1) is 0 Å². The van der Waals surface area contributed by atoms with E-state index in [1.807, 2.05) is 18.2 Å². The van der Waals surface area contributed by atoms with Gasteiger partial charge < -0.3 is 14.7 Å². The zero-order chi connectivity index (χ0) is 24.1. The average molecular weight is 460 g/mol. The Kier molecular flexibility index (Phi) is 6.78. The fourth-order valence-electron chi connectivity index (χ4n) is 3.83. The maximum Gasteiger partial charge on any atom is 0.354 e. The Morgan fingerprint density at radius 3 is 2.62 bits per heavy atom. The SMILES string of the molecule is N#Cc1ccc(COc2cccc(C3CCN(C(=O)c4ccc(C(=O)O)nc4)CC3)n2)c(F)c1. The summed E-state index contributed by atoms with van der Waals surface area (Å²) in [4.78, 5) is 33.7. The Bertz CT molecular complexity index is 1250. The topological polar surface area (TPSA) is 116 Å². The van der Waals surface area contributed by atoms with Crippen LogP contribution in [0.2, 0.25) is 0 Å². The van der Waals surface area contributed by atoms with E-state index in [1.165, 1.54) is 36.5 Å². The van der Waals surface area contributed by atoms with Crippen LogP contribution < -0.4 is 4.74 Å². The van der Waals surface area contributed by atoms with Gasteiger partial charge in [0.2, 0.25) is 5.88 Å².